The van der Waals surface area contributed by atoms with Gasteiger partial charge in [-0.2, -0.15) is 0 Å². The van der Waals surface area contributed by atoms with Crippen molar-refractivity contribution in [3.05, 3.63) is 58.4 Å². The molecule has 0 unspecified atom stereocenters. The third kappa shape index (κ3) is 2.46. The highest BCUT2D eigenvalue weighted by molar-refractivity contribution is 6.36. The van der Waals surface area contributed by atoms with Crippen LogP contribution in [0.5, 0.6) is 0 Å². The first kappa shape index (κ1) is 14.6. The normalized spacial score (nSPS) is 11.0. The highest BCUT2D eigenvalue weighted by Gasteiger charge is 2.19. The Hall–Kier alpha value is -2.33. The first-order valence-electron chi connectivity index (χ1n) is 6.74. The number of carbonyl (C=O) groups is 1. The first-order chi connectivity index (χ1) is 10.5. The summed E-state index contributed by atoms with van der Waals surface area (Å²) in [5, 5.41) is 10.4. The summed E-state index contributed by atoms with van der Waals surface area (Å²) in [5.74, 6) is -1.34. The second kappa shape index (κ2) is 5.46. The van der Waals surface area contributed by atoms with Crippen LogP contribution in [0.15, 0.2) is 36.4 Å². The van der Waals surface area contributed by atoms with Crippen LogP contribution < -0.4 is 0 Å². The molecule has 1 aromatic heterocycles. The van der Waals surface area contributed by atoms with Crippen LogP contribution in [-0.4, -0.2) is 16.1 Å². The summed E-state index contributed by atoms with van der Waals surface area (Å²) in [7, 11) is 0. The van der Waals surface area contributed by atoms with Crippen molar-refractivity contribution < 1.29 is 14.3 Å². The van der Waals surface area contributed by atoms with Crippen molar-refractivity contribution in [2.45, 2.75) is 13.3 Å². The van der Waals surface area contributed by atoms with Gasteiger partial charge in [-0.3, -0.25) is 4.79 Å². The van der Waals surface area contributed by atoms with Gasteiger partial charge in [-0.05, 0) is 36.2 Å². The Morgan fingerprint density at radius 2 is 2.09 bits per heavy atom. The number of benzene rings is 2. The summed E-state index contributed by atoms with van der Waals surface area (Å²) in [6.07, 6.45) is -0.185. The molecular weight excluding hydrogens is 305 g/mol. The summed E-state index contributed by atoms with van der Waals surface area (Å²) in [6.45, 7) is 1.91. The Balaban J connectivity index is 2.36. The van der Waals surface area contributed by atoms with Crippen molar-refractivity contribution in [2.24, 2.45) is 0 Å². The monoisotopic (exact) mass is 317 g/mol. The second-order valence-corrected chi connectivity index (χ2v) is 5.58. The number of hydrogen-bond donors (Lipinski definition) is 2. The highest BCUT2D eigenvalue weighted by Crippen LogP contribution is 2.36. The van der Waals surface area contributed by atoms with E-state index < -0.39 is 5.97 Å². The van der Waals surface area contributed by atoms with Crippen LogP contribution in [0.1, 0.15) is 11.1 Å². The molecule has 3 nitrogen and oxygen atoms in total. The van der Waals surface area contributed by atoms with Gasteiger partial charge in [0.25, 0.3) is 0 Å². The van der Waals surface area contributed by atoms with Gasteiger partial charge >= 0.3 is 5.97 Å². The molecule has 0 spiro atoms. The molecule has 0 atom stereocenters. The molecule has 22 heavy (non-hydrogen) atoms. The first-order valence-corrected chi connectivity index (χ1v) is 7.12. The lowest BCUT2D eigenvalue weighted by molar-refractivity contribution is -0.136. The smallest absolute Gasteiger partial charge is 0.307 e. The molecule has 3 aromatic rings. The van der Waals surface area contributed by atoms with Gasteiger partial charge in [0.05, 0.1) is 22.7 Å². The number of hydrogen-bond acceptors (Lipinski definition) is 1. The van der Waals surface area contributed by atoms with E-state index in [0.717, 1.165) is 11.1 Å². The molecule has 2 N–H and O–H groups in total. The van der Waals surface area contributed by atoms with Gasteiger partial charge in [0.2, 0.25) is 0 Å². The SMILES string of the molecule is Cc1ccc(Cl)c2c(CC(=O)O)c(-c3cccc(F)c3)[nH]c12. The Labute approximate surface area is 131 Å². The Kier molecular flexibility index (Phi) is 3.62. The number of aromatic amines is 1. The number of fused-ring (bicyclic) bond motifs is 1. The number of carboxylic acid groups (broad SMARTS) is 1. The zero-order valence-corrected chi connectivity index (χ0v) is 12.5. The lowest BCUT2D eigenvalue weighted by Crippen LogP contribution is -2.01. The van der Waals surface area contributed by atoms with Gasteiger partial charge in [0.15, 0.2) is 0 Å². The number of rotatable bonds is 3. The summed E-state index contributed by atoms with van der Waals surface area (Å²) in [5.41, 5.74) is 3.49. The van der Waals surface area contributed by atoms with Crippen LogP contribution in [0.3, 0.4) is 0 Å². The van der Waals surface area contributed by atoms with Crippen LogP contribution in [0.4, 0.5) is 4.39 Å². The van der Waals surface area contributed by atoms with Crippen molar-refractivity contribution in [3.8, 4) is 11.3 Å². The van der Waals surface area contributed by atoms with E-state index in [1.807, 2.05) is 13.0 Å². The van der Waals surface area contributed by atoms with Gasteiger partial charge in [0.1, 0.15) is 5.82 Å². The van der Waals surface area contributed by atoms with Crippen LogP contribution in [-0.2, 0) is 11.2 Å². The van der Waals surface area contributed by atoms with Crippen LogP contribution in [0.2, 0.25) is 5.02 Å². The van der Waals surface area contributed by atoms with E-state index in [1.165, 1.54) is 12.1 Å². The predicted molar refractivity (Wildman–Crippen MR) is 84.8 cm³/mol. The molecule has 0 fully saturated rings. The number of aliphatic carboxylic acids is 1. The van der Waals surface area contributed by atoms with Crippen molar-refractivity contribution >= 4 is 28.5 Å². The minimum absolute atomic E-state index is 0.185. The van der Waals surface area contributed by atoms with E-state index in [2.05, 4.69) is 4.98 Å². The van der Waals surface area contributed by atoms with Crippen LogP contribution >= 0.6 is 11.6 Å². The zero-order valence-electron chi connectivity index (χ0n) is 11.8. The maximum atomic E-state index is 13.5. The van der Waals surface area contributed by atoms with Gasteiger partial charge in [-0.15, -0.1) is 0 Å². The quantitative estimate of drug-likeness (QED) is 0.744. The van der Waals surface area contributed by atoms with E-state index in [9.17, 15) is 14.3 Å². The molecule has 3 rings (SSSR count). The predicted octanol–water partition coefficient (Wildman–Crippen LogP) is 4.56. The van der Waals surface area contributed by atoms with Crippen LogP contribution in [0.25, 0.3) is 22.2 Å². The van der Waals surface area contributed by atoms with Crippen molar-refractivity contribution in [1.29, 1.82) is 0 Å². The fraction of sp³-hybridized carbons (Fsp3) is 0.118. The van der Waals surface area contributed by atoms with Gasteiger partial charge in [-0.1, -0.05) is 29.8 Å². The minimum Gasteiger partial charge on any atom is -0.481 e. The lowest BCUT2D eigenvalue weighted by atomic mass is 10.0. The van der Waals surface area contributed by atoms with Crippen molar-refractivity contribution in [2.75, 3.05) is 0 Å². The fourth-order valence-electron chi connectivity index (χ4n) is 2.68. The molecule has 2 aromatic carbocycles. The largest absolute Gasteiger partial charge is 0.481 e. The average molecular weight is 318 g/mol. The number of nitrogens with one attached hydrogen (secondary N) is 1. The third-order valence-corrected chi connectivity index (χ3v) is 3.97. The van der Waals surface area contributed by atoms with Gasteiger partial charge < -0.3 is 10.1 Å². The van der Waals surface area contributed by atoms with E-state index in [-0.39, 0.29) is 12.2 Å². The molecule has 0 bridgehead atoms. The molecule has 0 aliphatic rings. The van der Waals surface area contributed by atoms with Gasteiger partial charge in [0, 0.05) is 10.9 Å². The molecule has 0 saturated heterocycles. The van der Waals surface area contributed by atoms with E-state index in [4.69, 9.17) is 11.6 Å². The fourth-order valence-corrected chi connectivity index (χ4v) is 2.95. The number of aromatic nitrogens is 1. The number of carboxylic acids is 1. The molecule has 0 aliphatic heterocycles. The molecular formula is C17H13ClFNO2. The lowest BCUT2D eigenvalue weighted by Gasteiger charge is -2.04. The van der Waals surface area contributed by atoms with E-state index in [0.29, 0.717) is 27.2 Å². The summed E-state index contributed by atoms with van der Waals surface area (Å²) in [6, 6.07) is 9.66. The summed E-state index contributed by atoms with van der Waals surface area (Å²) < 4.78 is 13.5. The molecule has 0 amide bonds. The third-order valence-electron chi connectivity index (χ3n) is 3.66. The molecule has 112 valence electrons. The number of H-pyrrole nitrogens is 1. The standard InChI is InChI=1S/C17H13ClFNO2/c1-9-5-6-13(18)15-12(8-14(21)22)17(20-16(9)15)10-3-2-4-11(19)7-10/h2-7,20H,8H2,1H3,(H,21,22). The molecule has 0 saturated carbocycles. The Bertz CT molecular complexity index is 886. The zero-order chi connectivity index (χ0) is 15.9. The average Bonchev–Trinajstić information content (AvgIpc) is 2.83. The topological polar surface area (TPSA) is 53.1 Å². The second-order valence-electron chi connectivity index (χ2n) is 5.17. The molecule has 0 aliphatic carbocycles. The van der Waals surface area contributed by atoms with Gasteiger partial charge in [-0.25, -0.2) is 4.39 Å². The number of halogens is 2. The maximum absolute atomic E-state index is 13.5. The molecule has 5 heteroatoms. The Morgan fingerprint density at radius 1 is 1.32 bits per heavy atom. The Morgan fingerprint density at radius 3 is 2.77 bits per heavy atom. The maximum Gasteiger partial charge on any atom is 0.307 e. The molecule has 0 radical (unpaired) electrons. The number of aryl methyl sites for hydroxylation is 1. The van der Waals surface area contributed by atoms with E-state index in [1.54, 1.807) is 18.2 Å². The van der Waals surface area contributed by atoms with Crippen molar-refractivity contribution in [3.63, 3.8) is 0 Å². The summed E-state index contributed by atoms with van der Waals surface area (Å²) in [4.78, 5) is 14.4. The van der Waals surface area contributed by atoms with Crippen molar-refractivity contribution in [1.82, 2.24) is 4.98 Å². The molecule has 1 heterocycles. The minimum atomic E-state index is -0.962. The van der Waals surface area contributed by atoms with E-state index >= 15 is 0 Å². The highest BCUT2D eigenvalue weighted by atomic mass is 35.5. The van der Waals surface area contributed by atoms with Crippen LogP contribution in [0, 0.1) is 12.7 Å². The summed E-state index contributed by atoms with van der Waals surface area (Å²) >= 11 is 6.26.